The van der Waals surface area contributed by atoms with Gasteiger partial charge in [0.05, 0.1) is 12.1 Å². The average Bonchev–Trinajstić information content (AvgIpc) is 2.72. The Morgan fingerprint density at radius 2 is 1.63 bits per heavy atom. The van der Waals surface area contributed by atoms with Crippen LogP contribution in [-0.2, 0) is 4.79 Å². The Morgan fingerprint density at radius 3 is 2.30 bits per heavy atom. The molecule has 3 rings (SSSR count). The molecule has 27 heavy (non-hydrogen) atoms. The van der Waals surface area contributed by atoms with Gasteiger partial charge in [-0.15, -0.1) is 0 Å². The standard InChI is InChI=1S/C22H25IN2O2/c1-25(18-13-11-17(12-14-18)16-7-3-2-4-8-16)21(26)15-24-22(27)19-9-5-6-10-20(19)23/h2-10,17-18H,11-15H2,1H3,(H,24,27). The second-order valence-electron chi connectivity index (χ2n) is 7.08. The van der Waals surface area contributed by atoms with Gasteiger partial charge in [-0.3, -0.25) is 9.59 Å². The molecule has 0 saturated heterocycles. The predicted molar refractivity (Wildman–Crippen MR) is 116 cm³/mol. The van der Waals surface area contributed by atoms with E-state index in [2.05, 4.69) is 52.2 Å². The Labute approximate surface area is 174 Å². The molecular formula is C22H25IN2O2. The van der Waals surface area contributed by atoms with Crippen LogP contribution in [0.1, 0.15) is 47.5 Å². The third-order valence-corrected chi connectivity index (χ3v) is 6.37. The van der Waals surface area contributed by atoms with Crippen LogP contribution in [0.5, 0.6) is 0 Å². The molecule has 0 radical (unpaired) electrons. The summed E-state index contributed by atoms with van der Waals surface area (Å²) in [7, 11) is 1.86. The molecule has 4 nitrogen and oxygen atoms in total. The number of likely N-dealkylation sites (N-methyl/N-ethyl adjacent to an activating group) is 1. The van der Waals surface area contributed by atoms with E-state index in [-0.39, 0.29) is 24.4 Å². The largest absolute Gasteiger partial charge is 0.343 e. The van der Waals surface area contributed by atoms with E-state index in [0.29, 0.717) is 11.5 Å². The van der Waals surface area contributed by atoms with Gasteiger partial charge in [-0.05, 0) is 71.9 Å². The maximum Gasteiger partial charge on any atom is 0.252 e. The van der Waals surface area contributed by atoms with E-state index in [9.17, 15) is 9.59 Å². The lowest BCUT2D eigenvalue weighted by Gasteiger charge is -2.35. The molecule has 2 amide bonds. The van der Waals surface area contributed by atoms with E-state index in [1.165, 1.54) is 5.56 Å². The fraction of sp³-hybridized carbons (Fsp3) is 0.364. The molecule has 1 saturated carbocycles. The number of carbonyl (C=O) groups excluding carboxylic acids is 2. The highest BCUT2D eigenvalue weighted by Crippen LogP contribution is 2.34. The Balaban J connectivity index is 1.48. The molecule has 0 unspecified atom stereocenters. The van der Waals surface area contributed by atoms with E-state index in [4.69, 9.17) is 0 Å². The van der Waals surface area contributed by atoms with Crippen LogP contribution >= 0.6 is 22.6 Å². The lowest BCUT2D eigenvalue weighted by Crippen LogP contribution is -2.44. The highest BCUT2D eigenvalue weighted by atomic mass is 127. The van der Waals surface area contributed by atoms with Crippen molar-refractivity contribution < 1.29 is 9.59 Å². The average molecular weight is 476 g/mol. The fourth-order valence-electron chi connectivity index (χ4n) is 3.75. The number of nitrogens with one attached hydrogen (secondary N) is 1. The summed E-state index contributed by atoms with van der Waals surface area (Å²) >= 11 is 2.13. The smallest absolute Gasteiger partial charge is 0.252 e. The number of hydrogen-bond donors (Lipinski definition) is 1. The van der Waals surface area contributed by atoms with Crippen LogP contribution < -0.4 is 5.32 Å². The second-order valence-corrected chi connectivity index (χ2v) is 8.25. The van der Waals surface area contributed by atoms with E-state index in [1.54, 1.807) is 6.07 Å². The van der Waals surface area contributed by atoms with Crippen LogP contribution in [-0.4, -0.2) is 36.3 Å². The second kappa shape index (κ2) is 9.35. The minimum absolute atomic E-state index is 0.0301. The molecule has 1 fully saturated rings. The van der Waals surface area contributed by atoms with Crippen molar-refractivity contribution in [3.63, 3.8) is 0 Å². The molecule has 1 N–H and O–H groups in total. The number of halogens is 1. The predicted octanol–water partition coefficient (Wildman–Crippen LogP) is 4.21. The first-order valence-corrected chi connectivity index (χ1v) is 10.5. The maximum absolute atomic E-state index is 12.5. The van der Waals surface area contributed by atoms with Gasteiger partial charge >= 0.3 is 0 Å². The summed E-state index contributed by atoms with van der Waals surface area (Å²) in [6, 6.07) is 18.3. The van der Waals surface area contributed by atoms with Crippen molar-refractivity contribution >= 4 is 34.4 Å². The van der Waals surface area contributed by atoms with Crippen LogP contribution in [0.2, 0.25) is 0 Å². The van der Waals surface area contributed by atoms with Crippen LogP contribution in [0.3, 0.4) is 0 Å². The van der Waals surface area contributed by atoms with Crippen molar-refractivity contribution in [1.82, 2.24) is 10.2 Å². The van der Waals surface area contributed by atoms with E-state index >= 15 is 0 Å². The maximum atomic E-state index is 12.5. The lowest BCUT2D eigenvalue weighted by atomic mass is 9.81. The number of rotatable bonds is 5. The van der Waals surface area contributed by atoms with Gasteiger partial charge in [-0.2, -0.15) is 0 Å². The summed E-state index contributed by atoms with van der Waals surface area (Å²) in [5, 5.41) is 2.76. The van der Waals surface area contributed by atoms with Crippen LogP contribution in [0.4, 0.5) is 0 Å². The number of carbonyl (C=O) groups is 2. The van der Waals surface area contributed by atoms with E-state index in [1.807, 2.05) is 36.2 Å². The molecule has 142 valence electrons. The first-order chi connectivity index (χ1) is 13.1. The normalized spacial score (nSPS) is 19.3. The molecule has 0 aliphatic heterocycles. The van der Waals surface area contributed by atoms with Crippen molar-refractivity contribution in [2.45, 2.75) is 37.6 Å². The fourth-order valence-corrected chi connectivity index (χ4v) is 4.38. The first kappa shape index (κ1) is 19.9. The Bertz CT molecular complexity index is 786. The zero-order valence-electron chi connectivity index (χ0n) is 15.5. The summed E-state index contributed by atoms with van der Waals surface area (Å²) < 4.78 is 0.882. The van der Waals surface area contributed by atoms with Crippen LogP contribution in [0.25, 0.3) is 0 Å². The van der Waals surface area contributed by atoms with E-state index in [0.717, 1.165) is 29.3 Å². The van der Waals surface area contributed by atoms with Gasteiger partial charge in [-0.25, -0.2) is 0 Å². The van der Waals surface area contributed by atoms with Gasteiger partial charge in [-0.1, -0.05) is 42.5 Å². The van der Waals surface area contributed by atoms with Crippen LogP contribution in [0, 0.1) is 3.57 Å². The Morgan fingerprint density at radius 1 is 1.00 bits per heavy atom. The summed E-state index contributed by atoms with van der Waals surface area (Å²) in [6.07, 6.45) is 4.21. The van der Waals surface area contributed by atoms with Crippen molar-refractivity contribution in [2.24, 2.45) is 0 Å². The van der Waals surface area contributed by atoms with Gasteiger partial charge in [0.15, 0.2) is 0 Å². The molecule has 0 bridgehead atoms. The third-order valence-electron chi connectivity index (χ3n) is 5.43. The molecule has 1 aliphatic rings. The van der Waals surface area contributed by atoms with Crippen molar-refractivity contribution in [3.05, 3.63) is 69.3 Å². The molecule has 1 aliphatic carbocycles. The minimum Gasteiger partial charge on any atom is -0.343 e. The highest BCUT2D eigenvalue weighted by molar-refractivity contribution is 14.1. The van der Waals surface area contributed by atoms with Crippen molar-refractivity contribution in [2.75, 3.05) is 13.6 Å². The summed E-state index contributed by atoms with van der Waals surface area (Å²) in [5.74, 6) is 0.359. The molecule has 0 heterocycles. The van der Waals surface area contributed by atoms with Gasteiger partial charge in [0.1, 0.15) is 0 Å². The monoisotopic (exact) mass is 476 g/mol. The lowest BCUT2D eigenvalue weighted by molar-refractivity contribution is -0.131. The molecule has 0 aromatic heterocycles. The molecule has 2 aromatic carbocycles. The summed E-state index contributed by atoms with van der Waals surface area (Å²) in [4.78, 5) is 26.6. The van der Waals surface area contributed by atoms with Crippen molar-refractivity contribution in [1.29, 1.82) is 0 Å². The van der Waals surface area contributed by atoms with Gasteiger partial charge in [0.25, 0.3) is 5.91 Å². The van der Waals surface area contributed by atoms with Gasteiger partial charge < -0.3 is 10.2 Å². The Kier molecular flexibility index (Phi) is 6.88. The minimum atomic E-state index is -0.200. The van der Waals surface area contributed by atoms with Gasteiger partial charge in [0.2, 0.25) is 5.91 Å². The zero-order chi connectivity index (χ0) is 19.2. The number of nitrogens with zero attached hydrogens (tertiary/aromatic N) is 1. The number of amides is 2. The number of hydrogen-bond acceptors (Lipinski definition) is 2. The molecular weight excluding hydrogens is 451 g/mol. The Hall–Kier alpha value is -1.89. The molecule has 0 spiro atoms. The van der Waals surface area contributed by atoms with Gasteiger partial charge in [0, 0.05) is 16.7 Å². The SMILES string of the molecule is CN(C(=O)CNC(=O)c1ccccc1I)C1CCC(c2ccccc2)CC1. The highest BCUT2D eigenvalue weighted by Gasteiger charge is 2.27. The summed E-state index contributed by atoms with van der Waals surface area (Å²) in [5.41, 5.74) is 2.01. The summed E-state index contributed by atoms with van der Waals surface area (Å²) in [6.45, 7) is 0.0406. The van der Waals surface area contributed by atoms with Crippen LogP contribution in [0.15, 0.2) is 54.6 Å². The van der Waals surface area contributed by atoms with E-state index < -0.39 is 0 Å². The molecule has 2 aromatic rings. The molecule has 5 heteroatoms. The molecule has 0 atom stereocenters. The van der Waals surface area contributed by atoms with Crippen molar-refractivity contribution in [3.8, 4) is 0 Å². The first-order valence-electron chi connectivity index (χ1n) is 9.39. The number of benzene rings is 2. The quantitative estimate of drug-likeness (QED) is 0.658. The topological polar surface area (TPSA) is 49.4 Å². The third kappa shape index (κ3) is 5.09. The zero-order valence-corrected chi connectivity index (χ0v) is 17.7.